The molecule has 1 aliphatic rings. The number of hydrogen-bond acceptors (Lipinski definition) is 8. The molecule has 0 radical (unpaired) electrons. The molecule has 1 saturated carbocycles. The summed E-state index contributed by atoms with van der Waals surface area (Å²) in [6.07, 6.45) is 0.108. The van der Waals surface area contributed by atoms with E-state index in [1.54, 1.807) is 12.4 Å². The lowest BCUT2D eigenvalue weighted by Crippen LogP contribution is -2.34. The van der Waals surface area contributed by atoms with Crippen LogP contribution in [0.2, 0.25) is 0 Å². The molecule has 0 aliphatic heterocycles. The second kappa shape index (κ2) is 8.25. The van der Waals surface area contributed by atoms with Gasteiger partial charge in [0.1, 0.15) is 16.9 Å². The number of alkyl halides is 5. The molecule has 198 valence electrons. The van der Waals surface area contributed by atoms with E-state index in [2.05, 4.69) is 31.3 Å². The van der Waals surface area contributed by atoms with Crippen LogP contribution in [-0.4, -0.2) is 50.7 Å². The fourth-order valence-electron chi connectivity index (χ4n) is 3.93. The Kier molecular flexibility index (Phi) is 5.57. The van der Waals surface area contributed by atoms with Crippen molar-refractivity contribution >= 4 is 20.9 Å². The van der Waals surface area contributed by atoms with Gasteiger partial charge in [0, 0.05) is 24.6 Å². The third-order valence-electron chi connectivity index (χ3n) is 6.47. The molecule has 0 spiro atoms. The first-order chi connectivity index (χ1) is 17.7. The number of aryl methyl sites for hydroxylation is 1. The molecule has 4 aromatic heterocycles. The minimum Gasteiger partial charge on any atom is -0.309 e. The van der Waals surface area contributed by atoms with Gasteiger partial charge in [0.2, 0.25) is 0 Å². The Morgan fingerprint density at radius 1 is 1.18 bits per heavy atom. The Balaban J connectivity index is 1.64. The summed E-state index contributed by atoms with van der Waals surface area (Å²) in [7, 11) is -2.03. The van der Waals surface area contributed by atoms with Crippen molar-refractivity contribution in [1.82, 2.24) is 34.5 Å². The molecule has 0 bridgehead atoms. The Morgan fingerprint density at radius 2 is 1.89 bits per heavy atom. The number of nitrogens with zero attached hydrogens (tertiary/aromatic N) is 8. The van der Waals surface area contributed by atoms with Crippen LogP contribution in [0.4, 0.5) is 22.0 Å². The van der Waals surface area contributed by atoms with Crippen LogP contribution in [0, 0.1) is 16.1 Å². The molecule has 4 heterocycles. The van der Waals surface area contributed by atoms with Crippen LogP contribution in [0.25, 0.3) is 28.4 Å². The second-order valence-electron chi connectivity index (χ2n) is 8.88. The summed E-state index contributed by atoms with van der Waals surface area (Å²) in [5.74, 6) is -5.40. The van der Waals surface area contributed by atoms with E-state index >= 15 is 0 Å². The highest BCUT2D eigenvalue weighted by Crippen LogP contribution is 2.47. The van der Waals surface area contributed by atoms with Crippen molar-refractivity contribution in [2.24, 2.45) is 7.05 Å². The van der Waals surface area contributed by atoms with E-state index < -0.39 is 32.9 Å². The van der Waals surface area contributed by atoms with Crippen molar-refractivity contribution in [3.8, 4) is 23.3 Å². The monoisotopic (exact) mass is 551 g/mol. The molecule has 1 aliphatic carbocycles. The zero-order valence-electron chi connectivity index (χ0n) is 19.8. The zero-order valence-corrected chi connectivity index (χ0v) is 20.6. The molecule has 0 aromatic carbocycles. The van der Waals surface area contributed by atoms with Crippen LogP contribution >= 0.6 is 0 Å². The maximum atomic E-state index is 13.8. The van der Waals surface area contributed by atoms with Gasteiger partial charge in [-0.1, -0.05) is 6.92 Å². The van der Waals surface area contributed by atoms with E-state index in [1.165, 1.54) is 35.5 Å². The second-order valence-corrected chi connectivity index (χ2v) is 11.2. The maximum Gasteiger partial charge on any atom is 0.459 e. The van der Waals surface area contributed by atoms with Gasteiger partial charge < -0.3 is 4.57 Å². The molecular weight excluding hydrogens is 533 g/mol. The molecule has 4 aromatic rings. The molecule has 16 heteroatoms. The lowest BCUT2D eigenvalue weighted by Gasteiger charge is -2.17. The number of pyridine rings is 1. The summed E-state index contributed by atoms with van der Waals surface area (Å²) in [6.45, 7) is 1.54. The van der Waals surface area contributed by atoms with Gasteiger partial charge >= 0.3 is 12.1 Å². The van der Waals surface area contributed by atoms with Gasteiger partial charge in [-0.05, 0) is 25.0 Å². The fourth-order valence-corrected chi connectivity index (χ4v) is 5.01. The summed E-state index contributed by atoms with van der Waals surface area (Å²) in [5, 5.41) is 20.3. The van der Waals surface area contributed by atoms with Crippen LogP contribution in [0.5, 0.6) is 0 Å². The topological polar surface area (TPSA) is 139 Å². The largest absolute Gasteiger partial charge is 0.459 e. The number of hydrogen-bond donors (Lipinski definition) is 1. The predicted octanol–water partition coefficient (Wildman–Crippen LogP) is 4.25. The number of halogens is 5. The summed E-state index contributed by atoms with van der Waals surface area (Å²) in [4.78, 5) is 8.43. The van der Waals surface area contributed by atoms with Crippen molar-refractivity contribution in [1.29, 1.82) is 10.0 Å². The Hall–Kier alpha value is -4.00. The zero-order chi connectivity index (χ0) is 27.7. The number of fused-ring (bicyclic) bond motifs is 1. The quantitative estimate of drug-likeness (QED) is 0.354. The van der Waals surface area contributed by atoms with E-state index in [1.807, 2.05) is 0 Å². The van der Waals surface area contributed by atoms with E-state index in [9.17, 15) is 31.4 Å². The van der Waals surface area contributed by atoms with Gasteiger partial charge in [-0.15, -0.1) is 10.2 Å². The molecular formula is C22H18F5N9OS. The third kappa shape index (κ3) is 3.88. The molecule has 1 N–H and O–H groups in total. The standard InChI is InChI=1S/C22H18F5N9OS/c1-3-38(29,37)15-6-13(36-10-12(8-31-36)20(11-28)4-5-20)9-30-17(15)19-32-14-7-16(21(23,24)22(25,26)27)33-34-18(14)35(19)2/h6-10,29H,3-5H2,1-2H3. The Morgan fingerprint density at radius 3 is 2.50 bits per heavy atom. The summed E-state index contributed by atoms with van der Waals surface area (Å²) >= 11 is 0. The van der Waals surface area contributed by atoms with Gasteiger partial charge in [0.15, 0.2) is 11.5 Å². The lowest BCUT2D eigenvalue weighted by molar-refractivity contribution is -0.291. The number of nitrogens with one attached hydrogen (secondary N) is 1. The number of nitriles is 1. The first-order valence-electron chi connectivity index (χ1n) is 11.1. The van der Waals surface area contributed by atoms with Crippen LogP contribution in [0.3, 0.4) is 0 Å². The van der Waals surface area contributed by atoms with Crippen LogP contribution in [-0.2, 0) is 28.1 Å². The maximum absolute atomic E-state index is 13.8. The average Bonchev–Trinajstić information content (AvgIpc) is 3.39. The minimum atomic E-state index is -5.88. The number of imidazole rings is 1. The Labute approximate surface area is 212 Å². The highest BCUT2D eigenvalue weighted by atomic mass is 32.2. The van der Waals surface area contributed by atoms with E-state index in [0.29, 0.717) is 30.2 Å². The lowest BCUT2D eigenvalue weighted by atomic mass is 10.0. The molecule has 1 unspecified atom stereocenters. The van der Waals surface area contributed by atoms with Gasteiger partial charge in [0.05, 0.1) is 44.2 Å². The minimum absolute atomic E-state index is 0.0386. The highest BCUT2D eigenvalue weighted by Gasteiger charge is 2.60. The first kappa shape index (κ1) is 25.6. The fraction of sp³-hybridized carbons (Fsp3) is 0.364. The summed E-state index contributed by atoms with van der Waals surface area (Å²) < 4.78 is 90.5. The SMILES string of the molecule is CCS(=N)(=O)c1cc(-n2cc(C3(C#N)CC3)cn2)cnc1-c1nc2cc(C(F)(F)C(F)(F)F)nnc2n1C. The van der Waals surface area contributed by atoms with Gasteiger partial charge in [-0.25, -0.2) is 23.6 Å². The smallest absolute Gasteiger partial charge is 0.309 e. The summed E-state index contributed by atoms with van der Waals surface area (Å²) in [6, 6.07) is 4.19. The van der Waals surface area contributed by atoms with Crippen molar-refractivity contribution < 1.29 is 26.2 Å². The van der Waals surface area contributed by atoms with Gasteiger partial charge in [0.25, 0.3) is 0 Å². The van der Waals surface area contributed by atoms with Crippen molar-refractivity contribution in [3.63, 3.8) is 0 Å². The average molecular weight is 552 g/mol. The third-order valence-corrected chi connectivity index (χ3v) is 8.30. The first-order valence-corrected chi connectivity index (χ1v) is 12.9. The molecule has 38 heavy (non-hydrogen) atoms. The number of aromatic nitrogens is 7. The molecule has 1 atom stereocenters. The van der Waals surface area contributed by atoms with E-state index in [-0.39, 0.29) is 33.3 Å². The van der Waals surface area contributed by atoms with E-state index in [4.69, 9.17) is 4.78 Å². The molecule has 5 rings (SSSR count). The molecule has 0 saturated heterocycles. The molecule has 10 nitrogen and oxygen atoms in total. The number of rotatable bonds is 6. The highest BCUT2D eigenvalue weighted by molar-refractivity contribution is 7.92. The molecule has 0 amide bonds. The van der Waals surface area contributed by atoms with Crippen molar-refractivity contribution in [2.45, 2.75) is 42.2 Å². The van der Waals surface area contributed by atoms with Crippen LogP contribution in [0.15, 0.2) is 35.6 Å². The Bertz CT molecular complexity index is 1730. The van der Waals surface area contributed by atoms with Crippen molar-refractivity contribution in [2.75, 3.05) is 5.75 Å². The van der Waals surface area contributed by atoms with Crippen LogP contribution < -0.4 is 0 Å². The molecule has 1 fully saturated rings. The van der Waals surface area contributed by atoms with E-state index in [0.717, 1.165) is 0 Å². The van der Waals surface area contributed by atoms with Gasteiger partial charge in [-0.2, -0.15) is 32.3 Å². The van der Waals surface area contributed by atoms with Crippen molar-refractivity contribution in [3.05, 3.63) is 42.0 Å². The summed E-state index contributed by atoms with van der Waals surface area (Å²) in [5.41, 5.74) is -1.61. The predicted molar refractivity (Wildman–Crippen MR) is 123 cm³/mol. The van der Waals surface area contributed by atoms with Gasteiger partial charge in [-0.3, -0.25) is 0 Å². The van der Waals surface area contributed by atoms with Crippen LogP contribution in [0.1, 0.15) is 31.0 Å². The normalized spacial score (nSPS) is 16.8.